The first kappa shape index (κ1) is 25.3. The predicted molar refractivity (Wildman–Crippen MR) is 141 cm³/mol. The second-order valence-corrected chi connectivity index (χ2v) is 8.08. The van der Waals surface area contributed by atoms with Gasteiger partial charge in [-0.2, -0.15) is 0 Å². The van der Waals surface area contributed by atoms with E-state index in [1.807, 2.05) is 18.9 Å². The van der Waals surface area contributed by atoms with Crippen molar-refractivity contribution in [3.63, 3.8) is 0 Å². The fourth-order valence-electron chi connectivity index (χ4n) is 3.65. The van der Waals surface area contributed by atoms with Gasteiger partial charge in [-0.3, -0.25) is 19.6 Å². The Hall–Kier alpha value is -4.31. The second kappa shape index (κ2) is 11.2. The molecular formula is C25H32N8O2. The number of nitrogens with zero attached hydrogens (tertiary/aromatic N) is 2. The van der Waals surface area contributed by atoms with Crippen LogP contribution in [0.15, 0.2) is 59.4 Å². The van der Waals surface area contributed by atoms with Crippen molar-refractivity contribution in [1.29, 1.82) is 5.41 Å². The van der Waals surface area contributed by atoms with E-state index >= 15 is 0 Å². The van der Waals surface area contributed by atoms with Crippen LogP contribution in [-0.2, 0) is 17.9 Å². The summed E-state index contributed by atoms with van der Waals surface area (Å²) in [5.74, 6) is -0.353. The highest BCUT2D eigenvalue weighted by molar-refractivity contribution is 5.94. The Bertz CT molecular complexity index is 1240. The highest BCUT2D eigenvalue weighted by Crippen LogP contribution is 2.25. The summed E-state index contributed by atoms with van der Waals surface area (Å²) < 4.78 is 1.41. The summed E-state index contributed by atoms with van der Waals surface area (Å²) in [7, 11) is 0. The summed E-state index contributed by atoms with van der Waals surface area (Å²) in [6.45, 7) is 5.44. The van der Waals surface area contributed by atoms with Gasteiger partial charge in [0.1, 0.15) is 18.1 Å². The largest absolute Gasteiger partial charge is 0.399 e. The van der Waals surface area contributed by atoms with E-state index in [0.717, 1.165) is 5.56 Å². The third-order valence-electron chi connectivity index (χ3n) is 5.55. The van der Waals surface area contributed by atoms with E-state index in [1.165, 1.54) is 4.57 Å². The van der Waals surface area contributed by atoms with Crippen molar-refractivity contribution in [2.45, 2.75) is 26.9 Å². The van der Waals surface area contributed by atoms with Crippen LogP contribution in [0.4, 0.5) is 17.1 Å². The molecule has 184 valence electrons. The first-order valence-electron chi connectivity index (χ1n) is 11.3. The predicted octanol–water partition coefficient (Wildman–Crippen LogP) is 1.95. The lowest BCUT2D eigenvalue weighted by molar-refractivity contribution is -0.121. The van der Waals surface area contributed by atoms with Crippen molar-refractivity contribution in [1.82, 2.24) is 14.9 Å². The number of carbonyl (C=O) groups is 1. The fraction of sp³-hybridized carbons (Fsp3) is 0.240. The Kier molecular flexibility index (Phi) is 8.11. The zero-order valence-electron chi connectivity index (χ0n) is 20.0. The molecule has 0 aliphatic rings. The number of carbonyl (C=O) groups excluding carboxylic acids is 1. The zero-order valence-corrected chi connectivity index (χ0v) is 20.0. The lowest BCUT2D eigenvalue weighted by Gasteiger charge is -2.22. The number of aromatic nitrogens is 1. The monoisotopic (exact) mass is 476 g/mol. The quantitative estimate of drug-likeness (QED) is 0.112. The summed E-state index contributed by atoms with van der Waals surface area (Å²) in [4.78, 5) is 26.3. The van der Waals surface area contributed by atoms with E-state index in [-0.39, 0.29) is 30.4 Å². The maximum Gasteiger partial charge on any atom is 0.276 e. The molecule has 1 heterocycles. The molecule has 0 bridgehead atoms. The minimum atomic E-state index is -0.337. The highest BCUT2D eigenvalue weighted by atomic mass is 16.2. The van der Waals surface area contributed by atoms with E-state index in [1.54, 1.807) is 54.6 Å². The second-order valence-electron chi connectivity index (χ2n) is 8.08. The molecule has 0 aliphatic heterocycles. The molecule has 0 fully saturated rings. The van der Waals surface area contributed by atoms with Gasteiger partial charge in [0.05, 0.1) is 5.69 Å². The molecule has 0 saturated heterocycles. The smallest absolute Gasteiger partial charge is 0.276 e. The number of hydrazine groups is 1. The number of nitrogens with two attached hydrogens (primary N) is 3. The molecule has 0 aliphatic carbocycles. The van der Waals surface area contributed by atoms with Gasteiger partial charge in [0.25, 0.3) is 5.56 Å². The van der Waals surface area contributed by atoms with Gasteiger partial charge in [-0.05, 0) is 35.9 Å². The van der Waals surface area contributed by atoms with Gasteiger partial charge >= 0.3 is 0 Å². The van der Waals surface area contributed by atoms with Crippen LogP contribution in [0.1, 0.15) is 25.0 Å². The van der Waals surface area contributed by atoms with Crippen molar-refractivity contribution in [2.24, 2.45) is 5.73 Å². The summed E-state index contributed by atoms with van der Waals surface area (Å²) in [6, 6.07) is 15.6. The molecule has 2 aromatic carbocycles. The highest BCUT2D eigenvalue weighted by Gasteiger charge is 2.16. The van der Waals surface area contributed by atoms with Crippen LogP contribution < -0.4 is 33.5 Å². The lowest BCUT2D eigenvalue weighted by Crippen LogP contribution is -2.37. The summed E-state index contributed by atoms with van der Waals surface area (Å²) in [5, 5.41) is 12.2. The maximum absolute atomic E-state index is 13.4. The molecule has 10 nitrogen and oxygen atoms in total. The van der Waals surface area contributed by atoms with Crippen LogP contribution in [0, 0.1) is 5.41 Å². The van der Waals surface area contributed by atoms with Gasteiger partial charge in [-0.25, -0.2) is 5.01 Å². The molecule has 35 heavy (non-hydrogen) atoms. The van der Waals surface area contributed by atoms with E-state index < -0.39 is 0 Å². The maximum atomic E-state index is 13.4. The molecule has 0 spiro atoms. The Labute approximate surface area is 204 Å². The van der Waals surface area contributed by atoms with Crippen molar-refractivity contribution in [3.05, 3.63) is 76.1 Å². The number of anilines is 3. The number of pyridine rings is 1. The molecule has 3 rings (SSSR count). The van der Waals surface area contributed by atoms with Crippen molar-refractivity contribution in [2.75, 3.05) is 30.0 Å². The fourth-order valence-corrected chi connectivity index (χ4v) is 3.65. The molecule has 0 saturated carbocycles. The molecule has 0 atom stereocenters. The van der Waals surface area contributed by atoms with Crippen LogP contribution in [0.2, 0.25) is 0 Å². The van der Waals surface area contributed by atoms with E-state index in [2.05, 4.69) is 10.7 Å². The molecule has 0 radical (unpaired) electrons. The Balaban J connectivity index is 1.89. The van der Waals surface area contributed by atoms with Gasteiger partial charge in [0, 0.05) is 42.1 Å². The van der Waals surface area contributed by atoms with Crippen LogP contribution in [0.25, 0.3) is 11.3 Å². The molecular weight excluding hydrogens is 444 g/mol. The number of amidine groups is 1. The lowest BCUT2D eigenvalue weighted by atomic mass is 10.1. The van der Waals surface area contributed by atoms with E-state index in [9.17, 15) is 9.59 Å². The average Bonchev–Trinajstić information content (AvgIpc) is 2.83. The molecule has 0 unspecified atom stereocenters. The third kappa shape index (κ3) is 6.39. The number of hydrogen-bond donors (Lipinski definition) is 6. The summed E-state index contributed by atoms with van der Waals surface area (Å²) in [6.07, 6.45) is 0. The van der Waals surface area contributed by atoms with Gasteiger partial charge in [0.15, 0.2) is 0 Å². The Morgan fingerprint density at radius 2 is 1.63 bits per heavy atom. The standard InChI is InChI=1S/C25H32N8O2/c1-3-32(4-2)31-21-9-10-22(18-11-19(26)13-20(27)12-18)33(25(21)35)15-23(34)30-14-16-5-7-17(8-6-16)24(28)29/h5-13,31H,3-4,14-15,26-27H2,1-2H3,(H3,28,29)(H,30,34). The van der Waals surface area contributed by atoms with E-state index in [0.29, 0.717) is 47.0 Å². The number of nitrogen functional groups attached to an aromatic ring is 3. The number of benzene rings is 2. The molecule has 1 aromatic heterocycles. The topological polar surface area (TPSA) is 168 Å². The normalized spacial score (nSPS) is 10.8. The summed E-state index contributed by atoms with van der Waals surface area (Å²) in [5.41, 5.74) is 24.1. The molecule has 10 heteroatoms. The van der Waals surface area contributed by atoms with Gasteiger partial charge < -0.3 is 27.9 Å². The number of amides is 1. The molecule has 9 N–H and O–H groups in total. The molecule has 1 amide bonds. The van der Waals surface area contributed by atoms with Crippen LogP contribution >= 0.6 is 0 Å². The molecule has 3 aromatic rings. The number of hydrogen-bond acceptors (Lipinski definition) is 7. The number of nitrogens with one attached hydrogen (secondary N) is 3. The van der Waals surface area contributed by atoms with Crippen molar-refractivity contribution in [3.8, 4) is 11.3 Å². The third-order valence-corrected chi connectivity index (χ3v) is 5.55. The first-order valence-corrected chi connectivity index (χ1v) is 11.3. The van der Waals surface area contributed by atoms with Crippen LogP contribution in [0.3, 0.4) is 0 Å². The summed E-state index contributed by atoms with van der Waals surface area (Å²) >= 11 is 0. The van der Waals surface area contributed by atoms with Gasteiger partial charge in [-0.15, -0.1) is 0 Å². The average molecular weight is 477 g/mol. The number of rotatable bonds is 10. The minimum absolute atomic E-state index is 0.0205. The minimum Gasteiger partial charge on any atom is -0.399 e. The first-order chi connectivity index (χ1) is 16.7. The van der Waals surface area contributed by atoms with E-state index in [4.69, 9.17) is 22.6 Å². The Morgan fingerprint density at radius 3 is 2.20 bits per heavy atom. The van der Waals surface area contributed by atoms with Crippen molar-refractivity contribution >= 4 is 28.8 Å². The SMILES string of the molecule is CCN(CC)Nc1ccc(-c2cc(N)cc(N)c2)n(CC(=O)NCc2ccc(C(=N)N)cc2)c1=O. The van der Waals surface area contributed by atoms with Gasteiger partial charge in [-0.1, -0.05) is 38.1 Å². The Morgan fingerprint density at radius 1 is 1.00 bits per heavy atom. The van der Waals surface area contributed by atoms with Crippen molar-refractivity contribution < 1.29 is 4.79 Å². The van der Waals surface area contributed by atoms with Crippen LogP contribution in [0.5, 0.6) is 0 Å². The van der Waals surface area contributed by atoms with Gasteiger partial charge in [0.2, 0.25) is 5.91 Å². The van der Waals surface area contributed by atoms with Crippen LogP contribution in [-0.4, -0.2) is 34.4 Å². The zero-order chi connectivity index (χ0) is 25.5.